The monoisotopic (exact) mass is 563 g/mol. The van der Waals surface area contributed by atoms with Gasteiger partial charge in [0, 0.05) is 11.3 Å². The smallest absolute Gasteiger partial charge is 0.285 e. The van der Waals surface area contributed by atoms with Crippen LogP contribution in [0.1, 0.15) is 21.5 Å². The first kappa shape index (κ1) is 27.7. The SMILES string of the molecule is COc1ccc(C(=O)NN2C(=O)/C(=C\c3ccc(OCC(=O)Nc4cccc(C)c4)c(OC)c3)SC2=S)cc1. The van der Waals surface area contributed by atoms with Gasteiger partial charge in [0.2, 0.25) is 0 Å². The van der Waals surface area contributed by atoms with Gasteiger partial charge in [0.25, 0.3) is 17.7 Å². The first-order valence-corrected chi connectivity index (χ1v) is 12.9. The van der Waals surface area contributed by atoms with E-state index in [0.29, 0.717) is 39.0 Å². The van der Waals surface area contributed by atoms with Crippen LogP contribution >= 0.6 is 24.0 Å². The number of nitrogens with one attached hydrogen (secondary N) is 2. The Labute approximate surface area is 235 Å². The summed E-state index contributed by atoms with van der Waals surface area (Å²) in [6, 6.07) is 19.0. The lowest BCUT2D eigenvalue weighted by molar-refractivity contribution is -0.123. The molecule has 0 aliphatic carbocycles. The van der Waals surface area contributed by atoms with Crippen molar-refractivity contribution in [1.82, 2.24) is 10.4 Å². The molecule has 0 unspecified atom stereocenters. The summed E-state index contributed by atoms with van der Waals surface area (Å²) in [4.78, 5) is 38.2. The van der Waals surface area contributed by atoms with Crippen LogP contribution in [0.5, 0.6) is 17.2 Å². The second kappa shape index (κ2) is 12.5. The molecule has 0 radical (unpaired) electrons. The highest BCUT2D eigenvalue weighted by molar-refractivity contribution is 8.26. The van der Waals surface area contributed by atoms with Gasteiger partial charge in [0.05, 0.1) is 19.1 Å². The molecular formula is C28H25N3O6S2. The first-order chi connectivity index (χ1) is 18.8. The van der Waals surface area contributed by atoms with Crippen LogP contribution in [0.4, 0.5) is 5.69 Å². The number of ether oxygens (including phenoxy) is 3. The van der Waals surface area contributed by atoms with Gasteiger partial charge >= 0.3 is 0 Å². The summed E-state index contributed by atoms with van der Waals surface area (Å²) in [5.74, 6) is 0.108. The number of nitrogens with zero attached hydrogens (tertiary/aromatic N) is 1. The normalized spacial score (nSPS) is 13.8. The molecule has 0 spiro atoms. The highest BCUT2D eigenvalue weighted by Gasteiger charge is 2.33. The summed E-state index contributed by atoms with van der Waals surface area (Å²) in [5.41, 5.74) is 5.25. The highest BCUT2D eigenvalue weighted by atomic mass is 32.2. The van der Waals surface area contributed by atoms with Gasteiger partial charge in [-0.15, -0.1) is 0 Å². The van der Waals surface area contributed by atoms with E-state index in [-0.39, 0.29) is 16.8 Å². The zero-order valence-corrected chi connectivity index (χ0v) is 23.0. The molecule has 200 valence electrons. The molecule has 9 nitrogen and oxygen atoms in total. The van der Waals surface area contributed by atoms with Crippen LogP contribution in [0.2, 0.25) is 0 Å². The minimum atomic E-state index is -0.482. The average molecular weight is 564 g/mol. The summed E-state index contributed by atoms with van der Waals surface area (Å²) in [6.45, 7) is 1.73. The Morgan fingerprint density at radius 2 is 1.77 bits per heavy atom. The Kier molecular flexibility index (Phi) is 8.84. The lowest BCUT2D eigenvalue weighted by atomic mass is 10.2. The van der Waals surface area contributed by atoms with E-state index in [0.717, 1.165) is 22.3 Å². The van der Waals surface area contributed by atoms with E-state index in [1.807, 2.05) is 25.1 Å². The number of amides is 3. The summed E-state index contributed by atoms with van der Waals surface area (Å²) in [5, 5.41) is 3.83. The molecule has 4 rings (SSSR count). The Morgan fingerprint density at radius 3 is 2.46 bits per heavy atom. The van der Waals surface area contributed by atoms with E-state index in [1.54, 1.807) is 54.6 Å². The Hall–Kier alpha value is -4.35. The zero-order chi connectivity index (χ0) is 27.9. The molecule has 3 aromatic carbocycles. The molecule has 11 heteroatoms. The molecular weight excluding hydrogens is 538 g/mol. The van der Waals surface area contributed by atoms with Gasteiger partial charge in [-0.1, -0.05) is 30.0 Å². The van der Waals surface area contributed by atoms with Crippen LogP contribution < -0.4 is 25.0 Å². The highest BCUT2D eigenvalue weighted by Crippen LogP contribution is 2.34. The Balaban J connectivity index is 1.40. The molecule has 0 aromatic heterocycles. The fourth-order valence-electron chi connectivity index (χ4n) is 3.58. The zero-order valence-electron chi connectivity index (χ0n) is 21.3. The van der Waals surface area contributed by atoms with Crippen molar-refractivity contribution in [3.8, 4) is 17.2 Å². The summed E-state index contributed by atoms with van der Waals surface area (Å²) in [6.07, 6.45) is 1.63. The molecule has 1 saturated heterocycles. The third-order valence-electron chi connectivity index (χ3n) is 5.51. The van der Waals surface area contributed by atoms with E-state index in [9.17, 15) is 14.4 Å². The number of anilines is 1. The number of hydrogen-bond donors (Lipinski definition) is 2. The number of benzene rings is 3. The Bertz CT molecular complexity index is 1460. The van der Waals surface area contributed by atoms with E-state index < -0.39 is 11.8 Å². The lowest BCUT2D eigenvalue weighted by Gasteiger charge is -2.15. The van der Waals surface area contributed by atoms with Crippen molar-refractivity contribution in [2.45, 2.75) is 6.92 Å². The summed E-state index contributed by atoms with van der Waals surface area (Å²) >= 11 is 6.37. The van der Waals surface area contributed by atoms with Gasteiger partial charge < -0.3 is 19.5 Å². The topological polar surface area (TPSA) is 106 Å². The number of hydrogen-bond acceptors (Lipinski definition) is 8. The van der Waals surface area contributed by atoms with Gasteiger partial charge in [0.1, 0.15) is 5.75 Å². The quantitative estimate of drug-likeness (QED) is 0.288. The van der Waals surface area contributed by atoms with Gasteiger partial charge in [-0.3, -0.25) is 19.8 Å². The van der Waals surface area contributed by atoms with Crippen LogP contribution in [0.15, 0.2) is 71.6 Å². The number of thiocarbonyl (C=S) groups is 1. The van der Waals surface area contributed by atoms with E-state index in [4.69, 9.17) is 26.4 Å². The maximum Gasteiger partial charge on any atom is 0.285 e. The summed E-state index contributed by atoms with van der Waals surface area (Å²) < 4.78 is 16.4. The number of methoxy groups -OCH3 is 2. The van der Waals surface area contributed by atoms with Gasteiger partial charge in [0.15, 0.2) is 22.4 Å². The molecule has 1 heterocycles. The number of thioether (sulfide) groups is 1. The minimum Gasteiger partial charge on any atom is -0.497 e. The standard InChI is InChI=1S/C28H25N3O6S2/c1-17-5-4-6-20(13-17)29-25(32)16-37-22-12-7-18(14-23(22)36-3)15-24-27(34)31(28(38)39-24)30-26(33)19-8-10-21(35-2)11-9-19/h4-15H,16H2,1-3H3,(H,29,32)(H,30,33)/b24-15+. The van der Waals surface area contributed by atoms with Crippen LogP contribution in [0.25, 0.3) is 6.08 Å². The molecule has 0 atom stereocenters. The Morgan fingerprint density at radius 1 is 1.00 bits per heavy atom. The third-order valence-corrected chi connectivity index (χ3v) is 6.81. The second-order valence-corrected chi connectivity index (χ2v) is 9.98. The second-order valence-electron chi connectivity index (χ2n) is 8.30. The van der Waals surface area contributed by atoms with Gasteiger partial charge in [-0.05, 0) is 84.9 Å². The maximum absolute atomic E-state index is 13.0. The fraction of sp³-hybridized carbons (Fsp3) is 0.143. The molecule has 39 heavy (non-hydrogen) atoms. The molecule has 2 N–H and O–H groups in total. The van der Waals surface area contributed by atoms with Crippen LogP contribution in [0.3, 0.4) is 0 Å². The van der Waals surface area contributed by atoms with Crippen molar-refractivity contribution in [2.24, 2.45) is 0 Å². The van der Waals surface area contributed by atoms with Crippen LogP contribution in [-0.4, -0.2) is 47.9 Å². The van der Waals surface area contributed by atoms with Crippen molar-refractivity contribution in [3.05, 3.63) is 88.3 Å². The molecule has 0 bridgehead atoms. The molecule has 0 saturated carbocycles. The van der Waals surface area contributed by atoms with Crippen molar-refractivity contribution in [1.29, 1.82) is 0 Å². The van der Waals surface area contributed by atoms with Crippen LogP contribution in [-0.2, 0) is 9.59 Å². The minimum absolute atomic E-state index is 0.194. The number of carbonyl (C=O) groups is 3. The van der Waals surface area contributed by atoms with Crippen molar-refractivity contribution in [3.63, 3.8) is 0 Å². The van der Waals surface area contributed by atoms with Crippen LogP contribution in [0, 0.1) is 6.92 Å². The van der Waals surface area contributed by atoms with Crippen molar-refractivity contribution in [2.75, 3.05) is 26.1 Å². The molecule has 3 amide bonds. The molecule has 1 fully saturated rings. The van der Waals surface area contributed by atoms with Gasteiger partial charge in [-0.25, -0.2) is 0 Å². The number of rotatable bonds is 9. The van der Waals surface area contributed by atoms with Crippen molar-refractivity contribution >= 4 is 57.8 Å². The average Bonchev–Trinajstić information content (AvgIpc) is 3.19. The fourth-order valence-corrected chi connectivity index (χ4v) is 4.76. The largest absolute Gasteiger partial charge is 0.497 e. The molecule has 3 aromatic rings. The lowest BCUT2D eigenvalue weighted by Crippen LogP contribution is -2.44. The van der Waals surface area contributed by atoms with Crippen molar-refractivity contribution < 1.29 is 28.6 Å². The molecule has 1 aliphatic rings. The van der Waals surface area contributed by atoms with Gasteiger partial charge in [-0.2, -0.15) is 5.01 Å². The third kappa shape index (κ3) is 6.95. The number of carbonyl (C=O) groups excluding carboxylic acids is 3. The predicted molar refractivity (Wildman–Crippen MR) is 154 cm³/mol. The number of hydrazine groups is 1. The maximum atomic E-state index is 13.0. The molecule has 1 aliphatic heterocycles. The van der Waals surface area contributed by atoms with E-state index in [1.165, 1.54) is 14.2 Å². The van der Waals surface area contributed by atoms with E-state index in [2.05, 4.69) is 10.7 Å². The van der Waals surface area contributed by atoms with E-state index >= 15 is 0 Å². The first-order valence-electron chi connectivity index (χ1n) is 11.7. The summed E-state index contributed by atoms with van der Waals surface area (Å²) in [7, 11) is 3.01. The number of aryl methyl sites for hydroxylation is 1. The predicted octanol–water partition coefficient (Wildman–Crippen LogP) is 4.58.